The van der Waals surface area contributed by atoms with E-state index in [-0.39, 0.29) is 24.2 Å². The first-order valence-corrected chi connectivity index (χ1v) is 10.5. The number of carbonyl (C=O) groups is 2. The van der Waals surface area contributed by atoms with E-state index in [2.05, 4.69) is 10.6 Å². The van der Waals surface area contributed by atoms with Gasteiger partial charge in [-0.25, -0.2) is 4.39 Å². The summed E-state index contributed by atoms with van der Waals surface area (Å²) < 4.78 is 13.7. The Morgan fingerprint density at radius 2 is 1.81 bits per heavy atom. The highest BCUT2D eigenvalue weighted by molar-refractivity contribution is 6.46. The number of aryl methyl sites for hydroxylation is 3. The van der Waals surface area contributed by atoms with Crippen LogP contribution in [0.3, 0.4) is 0 Å². The number of piperidine rings is 1. The maximum Gasteiger partial charge on any atom is 0.272 e. The fourth-order valence-corrected chi connectivity index (χ4v) is 4.04. The molecule has 4 rings (SSSR count). The Kier molecular flexibility index (Phi) is 5.62. The fraction of sp³-hybridized carbons (Fsp3) is 0.375. The van der Waals surface area contributed by atoms with E-state index in [1.807, 2.05) is 36.9 Å². The van der Waals surface area contributed by atoms with Gasteiger partial charge < -0.3 is 10.6 Å². The molecule has 162 valence electrons. The van der Waals surface area contributed by atoms with E-state index in [0.717, 1.165) is 11.1 Å². The Hall–Kier alpha value is -3.06. The summed E-state index contributed by atoms with van der Waals surface area (Å²) in [5, 5.41) is 5.81. The van der Waals surface area contributed by atoms with Crippen molar-refractivity contribution >= 4 is 23.2 Å². The minimum Gasteiger partial charge on any atom is -0.326 e. The number of nitrogens with zero attached hydrogens (tertiary/aromatic N) is 2. The average Bonchev–Trinajstić information content (AvgIpc) is 3.05. The SMILES string of the molecule is Cc1ccc(C2=NC3(CCN(CC(=O)Nc4ccc(C)c(F)c4)CC3)NC2=O)cc1C. The number of likely N-dealkylation sites (tertiary alicyclic amines) is 1. The average molecular weight is 423 g/mol. The van der Waals surface area contributed by atoms with Crippen LogP contribution < -0.4 is 10.6 Å². The molecule has 0 saturated carbocycles. The van der Waals surface area contributed by atoms with Crippen molar-refractivity contribution in [2.24, 2.45) is 4.99 Å². The summed E-state index contributed by atoms with van der Waals surface area (Å²) in [4.78, 5) is 31.8. The smallest absolute Gasteiger partial charge is 0.272 e. The fourth-order valence-electron chi connectivity index (χ4n) is 4.04. The van der Waals surface area contributed by atoms with E-state index >= 15 is 0 Å². The lowest BCUT2D eigenvalue weighted by Crippen LogP contribution is -2.52. The van der Waals surface area contributed by atoms with Crippen molar-refractivity contribution in [1.29, 1.82) is 0 Å². The Morgan fingerprint density at radius 1 is 1.10 bits per heavy atom. The van der Waals surface area contributed by atoms with Gasteiger partial charge in [0.15, 0.2) is 0 Å². The van der Waals surface area contributed by atoms with E-state index in [0.29, 0.717) is 42.9 Å². The van der Waals surface area contributed by atoms with Crippen molar-refractivity contribution < 1.29 is 14.0 Å². The minimum absolute atomic E-state index is 0.143. The van der Waals surface area contributed by atoms with E-state index in [4.69, 9.17) is 4.99 Å². The van der Waals surface area contributed by atoms with Gasteiger partial charge in [-0.05, 0) is 55.7 Å². The lowest BCUT2D eigenvalue weighted by molar-refractivity contribution is -0.119. The predicted octanol–water partition coefficient (Wildman–Crippen LogP) is 3.10. The summed E-state index contributed by atoms with van der Waals surface area (Å²) in [6.07, 6.45) is 1.28. The van der Waals surface area contributed by atoms with Crippen molar-refractivity contribution in [2.45, 2.75) is 39.3 Å². The maximum absolute atomic E-state index is 13.7. The minimum atomic E-state index is -0.599. The van der Waals surface area contributed by atoms with Gasteiger partial charge in [-0.1, -0.05) is 18.2 Å². The molecule has 0 bridgehead atoms. The van der Waals surface area contributed by atoms with Crippen LogP contribution in [-0.4, -0.2) is 47.7 Å². The predicted molar refractivity (Wildman–Crippen MR) is 119 cm³/mol. The lowest BCUT2D eigenvalue weighted by Gasteiger charge is -2.36. The first-order chi connectivity index (χ1) is 14.7. The number of benzene rings is 2. The highest BCUT2D eigenvalue weighted by Gasteiger charge is 2.42. The van der Waals surface area contributed by atoms with Gasteiger partial charge in [-0.15, -0.1) is 0 Å². The molecule has 6 nitrogen and oxygen atoms in total. The maximum atomic E-state index is 13.7. The second-order valence-electron chi connectivity index (χ2n) is 8.53. The molecule has 1 saturated heterocycles. The van der Waals surface area contributed by atoms with Gasteiger partial charge in [-0.3, -0.25) is 19.5 Å². The standard InChI is InChI=1S/C24H27FN4O2/c1-15-4-6-18(12-17(15)3)22-23(31)28-24(27-22)8-10-29(11-9-24)14-21(30)26-19-7-5-16(2)20(25)13-19/h4-7,12-13H,8-11,14H2,1-3H3,(H,26,30)(H,28,31). The number of nitrogens with one attached hydrogen (secondary N) is 2. The number of hydrogen-bond acceptors (Lipinski definition) is 4. The zero-order chi connectivity index (χ0) is 22.2. The van der Waals surface area contributed by atoms with Crippen LogP contribution in [0.1, 0.15) is 35.1 Å². The summed E-state index contributed by atoms with van der Waals surface area (Å²) in [6.45, 7) is 7.24. The third-order valence-electron chi connectivity index (χ3n) is 6.17. The van der Waals surface area contributed by atoms with Crippen molar-refractivity contribution in [1.82, 2.24) is 10.2 Å². The van der Waals surface area contributed by atoms with Gasteiger partial charge >= 0.3 is 0 Å². The third kappa shape index (κ3) is 4.51. The molecule has 7 heteroatoms. The Balaban J connectivity index is 1.37. The van der Waals surface area contributed by atoms with Crippen LogP contribution >= 0.6 is 0 Å². The second kappa shape index (κ2) is 8.23. The summed E-state index contributed by atoms with van der Waals surface area (Å²) in [7, 11) is 0. The van der Waals surface area contributed by atoms with E-state index in [9.17, 15) is 14.0 Å². The molecule has 2 amide bonds. The molecule has 2 aromatic carbocycles. The first-order valence-electron chi connectivity index (χ1n) is 10.5. The Labute approximate surface area is 181 Å². The van der Waals surface area contributed by atoms with E-state index in [1.165, 1.54) is 11.6 Å². The van der Waals surface area contributed by atoms with Crippen LogP contribution in [-0.2, 0) is 9.59 Å². The molecular weight excluding hydrogens is 395 g/mol. The monoisotopic (exact) mass is 422 g/mol. The van der Waals surface area contributed by atoms with Gasteiger partial charge in [0.1, 0.15) is 17.2 Å². The van der Waals surface area contributed by atoms with Gasteiger partial charge in [0.2, 0.25) is 5.91 Å². The van der Waals surface area contributed by atoms with Crippen molar-refractivity contribution in [3.63, 3.8) is 0 Å². The molecule has 0 radical (unpaired) electrons. The zero-order valence-corrected chi connectivity index (χ0v) is 18.1. The molecule has 1 spiro atoms. The Morgan fingerprint density at radius 3 is 2.48 bits per heavy atom. The highest BCUT2D eigenvalue weighted by atomic mass is 19.1. The van der Waals surface area contributed by atoms with Gasteiger partial charge in [0.05, 0.1) is 6.54 Å². The van der Waals surface area contributed by atoms with Crippen LogP contribution in [0.4, 0.5) is 10.1 Å². The summed E-state index contributed by atoms with van der Waals surface area (Å²) in [5.41, 5.74) is 4.02. The van der Waals surface area contributed by atoms with Crippen LogP contribution in [0.5, 0.6) is 0 Å². The number of aliphatic imine (C=N–C) groups is 1. The number of carbonyl (C=O) groups excluding carboxylic acids is 2. The molecule has 0 atom stereocenters. The highest BCUT2D eigenvalue weighted by Crippen LogP contribution is 2.29. The topological polar surface area (TPSA) is 73.8 Å². The van der Waals surface area contributed by atoms with Gasteiger partial charge in [0.25, 0.3) is 5.91 Å². The number of anilines is 1. The van der Waals surface area contributed by atoms with Crippen LogP contribution in [0, 0.1) is 26.6 Å². The quantitative estimate of drug-likeness (QED) is 0.795. The van der Waals surface area contributed by atoms with E-state index < -0.39 is 5.66 Å². The van der Waals surface area contributed by atoms with E-state index in [1.54, 1.807) is 19.1 Å². The van der Waals surface area contributed by atoms with Crippen LogP contribution in [0.25, 0.3) is 0 Å². The number of amides is 2. The molecule has 2 N–H and O–H groups in total. The molecule has 2 aliphatic rings. The molecule has 0 aromatic heterocycles. The number of hydrogen-bond donors (Lipinski definition) is 2. The number of halogens is 1. The second-order valence-corrected chi connectivity index (χ2v) is 8.53. The Bertz CT molecular complexity index is 1070. The van der Waals surface area contributed by atoms with Gasteiger partial charge in [0, 0.05) is 37.2 Å². The van der Waals surface area contributed by atoms with Crippen LogP contribution in [0.15, 0.2) is 41.4 Å². The third-order valence-corrected chi connectivity index (χ3v) is 6.17. The van der Waals surface area contributed by atoms with Crippen molar-refractivity contribution in [3.8, 4) is 0 Å². The molecule has 2 aliphatic heterocycles. The molecule has 0 unspecified atom stereocenters. The molecular formula is C24H27FN4O2. The molecule has 0 aliphatic carbocycles. The molecule has 2 aromatic rings. The lowest BCUT2D eigenvalue weighted by atomic mass is 9.98. The largest absolute Gasteiger partial charge is 0.326 e. The molecule has 31 heavy (non-hydrogen) atoms. The normalized spacial score (nSPS) is 18.1. The summed E-state index contributed by atoms with van der Waals surface area (Å²) in [5.74, 6) is -0.669. The first kappa shape index (κ1) is 21.2. The van der Waals surface area contributed by atoms with Crippen molar-refractivity contribution in [3.05, 3.63) is 64.5 Å². The molecule has 1 fully saturated rings. The van der Waals surface area contributed by atoms with Crippen LogP contribution in [0.2, 0.25) is 0 Å². The zero-order valence-electron chi connectivity index (χ0n) is 18.1. The van der Waals surface area contributed by atoms with Crippen molar-refractivity contribution in [2.75, 3.05) is 25.0 Å². The number of rotatable bonds is 4. The molecule has 2 heterocycles. The summed E-state index contributed by atoms with van der Waals surface area (Å²) >= 11 is 0. The summed E-state index contributed by atoms with van der Waals surface area (Å²) in [6, 6.07) is 10.6. The van der Waals surface area contributed by atoms with Gasteiger partial charge in [-0.2, -0.15) is 0 Å².